The summed E-state index contributed by atoms with van der Waals surface area (Å²) in [7, 11) is -1.89. The van der Waals surface area contributed by atoms with Gasteiger partial charge >= 0.3 is 11.8 Å². The van der Waals surface area contributed by atoms with Crippen LogP contribution in [-0.4, -0.2) is 77.8 Å². The Labute approximate surface area is 301 Å². The van der Waals surface area contributed by atoms with E-state index in [0.717, 1.165) is 64.2 Å². The molecule has 0 unspecified atom stereocenters. The first-order valence-electron chi connectivity index (χ1n) is 17.3. The number of nitrogens with zero attached hydrogens (tertiary/aromatic N) is 5. The topological polar surface area (TPSA) is 127 Å². The number of hydrogen-bond acceptors (Lipinski definition) is 7. The highest BCUT2D eigenvalue weighted by Gasteiger charge is 2.42. The number of aromatic nitrogens is 1. The number of likely N-dealkylation sites (N-methyl/N-ethyl adjacent to an activating group) is 1. The van der Waals surface area contributed by atoms with Gasteiger partial charge in [0.25, 0.3) is 10.1 Å². The molecule has 1 aromatic heterocycles. The molecule has 2 N–H and O–H groups in total. The average Bonchev–Trinajstić information content (AvgIpc) is 3.46. The molecule has 1 aromatic rings. The molecule has 0 atom stereocenters. The highest BCUT2D eigenvalue weighted by atomic mass is 35.5. The summed E-state index contributed by atoms with van der Waals surface area (Å²) >= 11 is 7.09. The van der Waals surface area contributed by atoms with Gasteiger partial charge in [-0.15, -0.1) is 0 Å². The normalized spacial score (nSPS) is 21.6. The van der Waals surface area contributed by atoms with E-state index in [0.29, 0.717) is 38.9 Å². The number of carboxylic acid groups (broad SMARTS) is 1. The Kier molecular flexibility index (Phi) is 11.5. The van der Waals surface area contributed by atoms with E-state index < -0.39 is 16.1 Å². The second-order valence-electron chi connectivity index (χ2n) is 14.5. The summed E-state index contributed by atoms with van der Waals surface area (Å²) in [4.78, 5) is 25.3. The third-order valence-corrected chi connectivity index (χ3v) is 11.1. The molecule has 0 bridgehead atoms. The summed E-state index contributed by atoms with van der Waals surface area (Å²) in [5, 5.41) is 9.66. The predicted octanol–water partition coefficient (Wildman–Crippen LogP) is 6.65. The van der Waals surface area contributed by atoms with Crippen LogP contribution in [0.4, 0.5) is 5.82 Å². The van der Waals surface area contributed by atoms with Gasteiger partial charge in [-0.05, 0) is 99.5 Å². The number of unbranched alkanes of at least 4 members (excludes halogenated alkanes) is 3. The van der Waals surface area contributed by atoms with Crippen LogP contribution < -0.4 is 4.57 Å². The summed E-state index contributed by atoms with van der Waals surface area (Å²) in [6.07, 6.45) is 20.0. The van der Waals surface area contributed by atoms with E-state index in [1.54, 1.807) is 0 Å². The minimum atomic E-state index is -3.97. The SMILES string of the molecule is CN1CC(/C=C/C2=Nc3c(ccc[n+]3CCCCCC(=O)O)C2(C)C)=C(Cl)C(=C/C=C2/N=C3C(=CC=CN3CCCCS(=O)(=O)O)C2(C)C)/C1. The van der Waals surface area contributed by atoms with Gasteiger partial charge in [0.15, 0.2) is 5.71 Å². The molecule has 0 amide bonds. The van der Waals surface area contributed by atoms with E-state index in [9.17, 15) is 13.2 Å². The number of carboxylic acids is 1. The van der Waals surface area contributed by atoms with Crippen molar-refractivity contribution in [1.82, 2.24) is 9.80 Å². The minimum Gasteiger partial charge on any atom is -0.481 e. The van der Waals surface area contributed by atoms with Gasteiger partial charge in [0.1, 0.15) is 5.84 Å². The van der Waals surface area contributed by atoms with Crippen molar-refractivity contribution >= 4 is 45.1 Å². The number of halogens is 1. The molecular formula is C38H49ClN5O5S+. The van der Waals surface area contributed by atoms with Gasteiger partial charge in [0.05, 0.1) is 35.2 Å². The molecule has 0 spiro atoms. The van der Waals surface area contributed by atoms with E-state index >= 15 is 0 Å². The second-order valence-corrected chi connectivity index (χ2v) is 16.5. The van der Waals surface area contributed by atoms with E-state index in [1.165, 1.54) is 5.56 Å². The Hall–Kier alpha value is -3.64. The molecule has 4 aliphatic heterocycles. The lowest BCUT2D eigenvalue weighted by molar-refractivity contribution is -0.684. The van der Waals surface area contributed by atoms with Crippen LogP contribution in [0.2, 0.25) is 0 Å². The van der Waals surface area contributed by atoms with E-state index in [-0.39, 0.29) is 23.0 Å². The molecule has 0 aromatic carbocycles. The molecular weight excluding hydrogens is 674 g/mol. The van der Waals surface area contributed by atoms with Crippen LogP contribution in [0.1, 0.15) is 71.8 Å². The van der Waals surface area contributed by atoms with Crippen LogP contribution in [0.3, 0.4) is 0 Å². The van der Waals surface area contributed by atoms with Crippen LogP contribution in [0.25, 0.3) is 0 Å². The molecule has 0 radical (unpaired) electrons. The lowest BCUT2D eigenvalue weighted by Gasteiger charge is -2.28. The molecule has 0 saturated carbocycles. The maximum atomic E-state index is 11.1. The summed E-state index contributed by atoms with van der Waals surface area (Å²) in [5.41, 5.74) is 5.55. The van der Waals surface area contributed by atoms with Crippen molar-refractivity contribution < 1.29 is 27.4 Å². The lowest BCUT2D eigenvalue weighted by Crippen LogP contribution is -2.34. The highest BCUT2D eigenvalue weighted by molar-refractivity contribution is 7.85. The number of aliphatic carboxylic acids is 1. The largest absolute Gasteiger partial charge is 0.481 e. The highest BCUT2D eigenvalue weighted by Crippen LogP contribution is 2.44. The minimum absolute atomic E-state index is 0.201. The Balaban J connectivity index is 1.34. The van der Waals surface area contributed by atoms with Crippen LogP contribution >= 0.6 is 11.6 Å². The maximum Gasteiger partial charge on any atom is 0.327 e. The predicted molar refractivity (Wildman–Crippen MR) is 199 cm³/mol. The number of allylic oxidation sites excluding steroid dienone is 6. The van der Waals surface area contributed by atoms with Gasteiger partial charge in [-0.1, -0.05) is 43.7 Å². The summed E-state index contributed by atoms with van der Waals surface area (Å²) in [6.45, 7) is 11.5. The van der Waals surface area contributed by atoms with E-state index in [1.807, 2.05) is 18.5 Å². The molecule has 0 saturated heterocycles. The number of hydrogen-bond donors (Lipinski definition) is 2. The second kappa shape index (κ2) is 15.3. The Morgan fingerprint density at radius 3 is 2.56 bits per heavy atom. The van der Waals surface area contributed by atoms with Gasteiger partial charge < -0.3 is 10.0 Å². The fourth-order valence-electron chi connectivity index (χ4n) is 6.84. The van der Waals surface area contributed by atoms with Crippen molar-refractivity contribution in [2.24, 2.45) is 15.4 Å². The van der Waals surface area contributed by atoms with E-state index in [2.05, 4.69) is 91.6 Å². The molecule has 0 aliphatic carbocycles. The van der Waals surface area contributed by atoms with Crippen LogP contribution in [0.5, 0.6) is 0 Å². The summed E-state index contributed by atoms with van der Waals surface area (Å²) in [5.74, 6) is 0.814. The zero-order valence-electron chi connectivity index (χ0n) is 29.7. The molecule has 10 nitrogen and oxygen atoms in total. The average molecular weight is 723 g/mol. The zero-order chi connectivity index (χ0) is 36.3. The van der Waals surface area contributed by atoms with Gasteiger partial charge in [-0.2, -0.15) is 8.42 Å². The van der Waals surface area contributed by atoms with Crippen LogP contribution in [-0.2, 0) is 26.9 Å². The number of rotatable bonds is 14. The Bertz CT molecular complexity index is 1880. The van der Waals surface area contributed by atoms with Crippen LogP contribution in [0.15, 0.2) is 98.4 Å². The van der Waals surface area contributed by atoms with Crippen LogP contribution in [0, 0.1) is 5.41 Å². The molecule has 4 aliphatic rings. The van der Waals surface area contributed by atoms with Crippen molar-refractivity contribution in [3.8, 4) is 0 Å². The fraction of sp³-hybridized carbons (Fsp3) is 0.474. The van der Waals surface area contributed by atoms with Crippen molar-refractivity contribution in [2.75, 3.05) is 32.4 Å². The van der Waals surface area contributed by atoms with E-state index in [4.69, 9.17) is 31.2 Å². The lowest BCUT2D eigenvalue weighted by atomic mass is 9.81. The molecule has 12 heteroatoms. The first kappa shape index (κ1) is 37.6. The van der Waals surface area contributed by atoms with Gasteiger partial charge in [-0.25, -0.2) is 9.56 Å². The number of pyridine rings is 1. The monoisotopic (exact) mass is 722 g/mol. The van der Waals surface area contributed by atoms with Gasteiger partial charge in [-0.3, -0.25) is 14.2 Å². The molecule has 0 fully saturated rings. The van der Waals surface area contributed by atoms with Crippen molar-refractivity contribution in [3.63, 3.8) is 0 Å². The quantitative estimate of drug-likeness (QED) is 0.125. The third kappa shape index (κ3) is 8.62. The number of aliphatic imine (C=N–C) groups is 2. The summed E-state index contributed by atoms with van der Waals surface area (Å²) in [6, 6.07) is 4.19. The number of amidine groups is 1. The molecule has 50 heavy (non-hydrogen) atoms. The van der Waals surface area contributed by atoms with Gasteiger partial charge in [0, 0.05) is 48.3 Å². The third-order valence-electron chi connectivity index (χ3n) is 9.83. The molecule has 5 rings (SSSR count). The maximum absolute atomic E-state index is 11.1. The zero-order valence-corrected chi connectivity index (χ0v) is 31.3. The van der Waals surface area contributed by atoms with Crippen molar-refractivity contribution in [2.45, 2.75) is 78.2 Å². The fourth-order valence-corrected chi connectivity index (χ4v) is 7.66. The standard InChI is InChI=1S/C38H48ClN5O5S/c1-37(2)29-13-11-22-43(20-8-6-7-15-33(45)46)35(29)40-31(37)18-16-27-25-42(5)26-28(34(27)39)17-19-32-38(3,4)30-14-12-23-44(36(30)41-32)21-9-10-24-50(47,48)49/h11-14,16-19,22-23H,6-10,15,20-21,24-26H2,1-5H3,(H-,45,46,47,48,49)/p+1. The Morgan fingerprint density at radius 1 is 1.04 bits per heavy atom. The summed E-state index contributed by atoms with van der Waals surface area (Å²) < 4.78 is 33.5. The first-order chi connectivity index (χ1) is 23.6. The molecule has 5 heterocycles. The van der Waals surface area contributed by atoms with Crippen molar-refractivity contribution in [1.29, 1.82) is 0 Å². The molecule has 268 valence electrons. The number of fused-ring (bicyclic) bond motifs is 2. The number of carbonyl (C=O) groups is 1. The first-order valence-corrected chi connectivity index (χ1v) is 19.3. The van der Waals surface area contributed by atoms with Gasteiger partial charge in [0.2, 0.25) is 0 Å². The Morgan fingerprint density at radius 2 is 1.82 bits per heavy atom. The van der Waals surface area contributed by atoms with Crippen molar-refractivity contribution in [3.05, 3.63) is 94.0 Å². The smallest absolute Gasteiger partial charge is 0.327 e. The number of aryl methyl sites for hydroxylation is 1.